The van der Waals surface area contributed by atoms with Gasteiger partial charge in [0.05, 0.1) is 16.4 Å². The van der Waals surface area contributed by atoms with Crippen LogP contribution in [0.3, 0.4) is 0 Å². The molecule has 0 aliphatic carbocycles. The average molecular weight is 485 g/mol. The Kier molecular flexibility index (Phi) is 5.67. The van der Waals surface area contributed by atoms with E-state index in [1.54, 1.807) is 36.4 Å². The zero-order valence-corrected chi connectivity index (χ0v) is 19.3. The molecule has 5 aromatic rings. The summed E-state index contributed by atoms with van der Waals surface area (Å²) >= 11 is 1.30. The van der Waals surface area contributed by atoms with Crippen LogP contribution in [0, 0.1) is 5.41 Å². The molecule has 3 aromatic heterocycles. The molecule has 0 atom stereocenters. The van der Waals surface area contributed by atoms with E-state index in [1.165, 1.54) is 11.8 Å². The lowest BCUT2D eigenvalue weighted by atomic mass is 10.1. The molecule has 0 aliphatic rings. The fourth-order valence-corrected chi connectivity index (χ4v) is 4.19. The molecule has 35 heavy (non-hydrogen) atoms. The van der Waals surface area contributed by atoms with Gasteiger partial charge in [0.15, 0.2) is 10.6 Å². The molecule has 3 heterocycles. The lowest BCUT2D eigenvalue weighted by molar-refractivity contribution is 0.101. The number of nitrogens with zero attached hydrogens (tertiary/aromatic N) is 2. The molecule has 0 unspecified atom stereocenters. The highest BCUT2D eigenvalue weighted by Crippen LogP contribution is 2.31. The van der Waals surface area contributed by atoms with Gasteiger partial charge in [-0.15, -0.1) is 0 Å². The van der Waals surface area contributed by atoms with Crippen LogP contribution in [0.2, 0.25) is 0 Å². The van der Waals surface area contributed by atoms with E-state index in [0.29, 0.717) is 27.4 Å². The molecular weight excluding hydrogens is 464 g/mol. The van der Waals surface area contributed by atoms with Gasteiger partial charge in [0.2, 0.25) is 0 Å². The van der Waals surface area contributed by atoms with E-state index in [2.05, 4.69) is 30.6 Å². The van der Waals surface area contributed by atoms with Gasteiger partial charge in [0.25, 0.3) is 11.8 Å². The van der Waals surface area contributed by atoms with Crippen LogP contribution in [0.15, 0.2) is 65.8 Å². The molecule has 0 bridgehead atoms. The molecule has 0 fully saturated rings. The Morgan fingerprint density at radius 3 is 2.03 bits per heavy atom. The standard InChI is InChI=1S/C24H20N8O2S/c1-35-24-29-17-14-18(30-24)16(23(34)28-13-10-6-3-7-11-13)20(26)32-21(14)31-19(25)15(17)22(33)27-12-8-4-2-5-9-12/h2-11H,1H3,(H,27,33)(H,28,34)(H,29,30)(H4,25,26,31,32). The van der Waals surface area contributed by atoms with Crippen LogP contribution in [0.4, 0.5) is 17.2 Å². The molecule has 2 aromatic carbocycles. The number of rotatable bonds is 5. The highest BCUT2D eigenvalue weighted by molar-refractivity contribution is 7.98. The number of nitrogens with two attached hydrogens (primary N) is 1. The summed E-state index contributed by atoms with van der Waals surface area (Å²) in [6, 6.07) is 17.9. The first-order valence-corrected chi connectivity index (χ1v) is 11.7. The van der Waals surface area contributed by atoms with Gasteiger partial charge in [0.1, 0.15) is 22.6 Å². The van der Waals surface area contributed by atoms with Gasteiger partial charge in [0, 0.05) is 11.4 Å². The minimum absolute atomic E-state index is 0.0109. The Hall–Kier alpha value is -4.64. The van der Waals surface area contributed by atoms with Gasteiger partial charge in [-0.3, -0.25) is 15.0 Å². The maximum absolute atomic E-state index is 13.3. The van der Waals surface area contributed by atoms with Crippen molar-refractivity contribution in [3.63, 3.8) is 0 Å². The number of amides is 2. The third-order valence-corrected chi connectivity index (χ3v) is 5.93. The second kappa shape index (κ2) is 8.95. The summed E-state index contributed by atoms with van der Waals surface area (Å²) in [6.45, 7) is 0. The number of anilines is 3. The van der Waals surface area contributed by atoms with Crippen molar-refractivity contribution in [3.05, 3.63) is 77.3 Å². The smallest absolute Gasteiger partial charge is 0.261 e. The summed E-state index contributed by atoms with van der Waals surface area (Å²) in [6.07, 6.45) is 1.81. The number of aromatic nitrogens is 4. The van der Waals surface area contributed by atoms with Crippen molar-refractivity contribution in [3.8, 4) is 0 Å². The summed E-state index contributed by atoms with van der Waals surface area (Å²) in [4.78, 5) is 41.4. The molecule has 2 amide bonds. The minimum atomic E-state index is -0.533. The van der Waals surface area contributed by atoms with Crippen molar-refractivity contribution < 1.29 is 9.59 Å². The number of pyridine rings is 2. The van der Waals surface area contributed by atoms with Crippen LogP contribution in [-0.2, 0) is 0 Å². The number of nitrogens with one attached hydrogen (secondary N) is 5. The predicted molar refractivity (Wildman–Crippen MR) is 137 cm³/mol. The Balaban J connectivity index is 1.73. The van der Waals surface area contributed by atoms with Crippen molar-refractivity contribution in [2.24, 2.45) is 0 Å². The highest BCUT2D eigenvalue weighted by Gasteiger charge is 2.25. The van der Waals surface area contributed by atoms with Gasteiger partial charge in [-0.2, -0.15) is 0 Å². The maximum Gasteiger partial charge on any atom is 0.261 e. The molecule has 11 heteroatoms. The monoisotopic (exact) mass is 484 g/mol. The molecule has 0 aliphatic heterocycles. The van der Waals surface area contributed by atoms with Crippen LogP contribution in [0.1, 0.15) is 20.7 Å². The number of thioether (sulfide) groups is 1. The number of benzene rings is 2. The molecule has 174 valence electrons. The fraction of sp³-hybridized carbons (Fsp3) is 0.0417. The maximum atomic E-state index is 13.3. The topological polar surface area (TPSA) is 165 Å². The third-order valence-electron chi connectivity index (χ3n) is 5.35. The number of hydrogen-bond acceptors (Lipinski definition) is 7. The summed E-state index contributed by atoms with van der Waals surface area (Å²) in [5.74, 6) is -0.919. The molecule has 0 saturated heterocycles. The minimum Gasteiger partial charge on any atom is -0.384 e. The van der Waals surface area contributed by atoms with E-state index in [4.69, 9.17) is 11.1 Å². The van der Waals surface area contributed by atoms with Crippen LogP contribution in [0.5, 0.6) is 0 Å². The second-order valence-electron chi connectivity index (χ2n) is 7.58. The van der Waals surface area contributed by atoms with Gasteiger partial charge in [-0.25, -0.2) is 9.97 Å². The van der Waals surface area contributed by atoms with Gasteiger partial charge < -0.3 is 26.3 Å². The molecule has 0 saturated carbocycles. The van der Waals surface area contributed by atoms with Crippen molar-refractivity contribution in [2.45, 2.75) is 5.16 Å². The predicted octanol–water partition coefficient (Wildman–Crippen LogP) is 3.73. The number of carbonyl (C=O) groups is 2. The van der Waals surface area contributed by atoms with E-state index in [1.807, 2.05) is 30.5 Å². The quantitative estimate of drug-likeness (QED) is 0.164. The van der Waals surface area contributed by atoms with Crippen molar-refractivity contribution in [1.82, 2.24) is 19.9 Å². The van der Waals surface area contributed by atoms with Gasteiger partial charge in [-0.1, -0.05) is 48.2 Å². The van der Waals surface area contributed by atoms with E-state index in [0.717, 1.165) is 0 Å². The molecular formula is C24H20N8O2S. The van der Waals surface area contributed by atoms with Crippen LogP contribution in [-0.4, -0.2) is 38.0 Å². The van der Waals surface area contributed by atoms with Crippen LogP contribution >= 0.6 is 11.8 Å². The fourth-order valence-electron chi connectivity index (χ4n) is 3.80. The largest absolute Gasteiger partial charge is 0.384 e. The Morgan fingerprint density at radius 2 is 1.46 bits per heavy atom. The number of carbonyl (C=O) groups excluding carboxylic acids is 2. The third kappa shape index (κ3) is 4.08. The average Bonchev–Trinajstić information content (AvgIpc) is 2.84. The SMILES string of the molecule is CSc1nc2c(C(=O)Nc3ccccc3)c(=N)nc3[nH]c(N)c(C(=O)Nc4ccccc4)c([nH]1)c32. The summed E-state index contributed by atoms with van der Waals surface area (Å²) in [5, 5.41) is 14.9. The molecule has 10 nitrogen and oxygen atoms in total. The van der Waals surface area contributed by atoms with Gasteiger partial charge >= 0.3 is 0 Å². The number of hydrogen-bond donors (Lipinski definition) is 6. The normalized spacial score (nSPS) is 11.0. The first-order valence-electron chi connectivity index (χ1n) is 10.5. The summed E-state index contributed by atoms with van der Waals surface area (Å²) in [7, 11) is 0. The lowest BCUT2D eigenvalue weighted by Crippen LogP contribution is -2.26. The van der Waals surface area contributed by atoms with E-state index in [9.17, 15) is 9.59 Å². The molecule has 0 spiro atoms. The first kappa shape index (κ1) is 22.2. The number of H-pyrrole nitrogens is 2. The number of aromatic amines is 2. The van der Waals surface area contributed by atoms with Crippen molar-refractivity contribution in [1.29, 1.82) is 5.41 Å². The lowest BCUT2D eigenvalue weighted by Gasteiger charge is -2.16. The molecule has 5 rings (SSSR count). The highest BCUT2D eigenvalue weighted by atomic mass is 32.2. The van der Waals surface area contributed by atoms with E-state index < -0.39 is 11.8 Å². The zero-order chi connectivity index (χ0) is 24.5. The number of nitrogen functional groups attached to an aromatic ring is 1. The Morgan fingerprint density at radius 1 is 0.886 bits per heavy atom. The first-order chi connectivity index (χ1) is 17.0. The van der Waals surface area contributed by atoms with Crippen LogP contribution in [0.25, 0.3) is 22.1 Å². The Labute approximate surface area is 202 Å². The van der Waals surface area contributed by atoms with Crippen molar-refractivity contribution >= 4 is 62.8 Å². The second-order valence-corrected chi connectivity index (χ2v) is 8.38. The van der Waals surface area contributed by atoms with E-state index >= 15 is 0 Å². The zero-order valence-electron chi connectivity index (χ0n) is 18.5. The van der Waals surface area contributed by atoms with Gasteiger partial charge in [-0.05, 0) is 30.5 Å². The van der Waals surface area contributed by atoms with Crippen molar-refractivity contribution in [2.75, 3.05) is 22.6 Å². The molecule has 0 radical (unpaired) electrons. The van der Waals surface area contributed by atoms with E-state index in [-0.39, 0.29) is 33.6 Å². The summed E-state index contributed by atoms with van der Waals surface area (Å²) < 4.78 is 0. The summed E-state index contributed by atoms with van der Waals surface area (Å²) in [5.41, 5.74) is 8.12. The Bertz CT molecular complexity index is 1650. The van der Waals surface area contributed by atoms with Crippen LogP contribution < -0.4 is 21.9 Å². The number of para-hydroxylation sites is 2. The molecule has 7 N–H and O–H groups in total.